The van der Waals surface area contributed by atoms with Gasteiger partial charge in [0.15, 0.2) is 0 Å². The SMILES string of the molecule is NC(=O)C1CCN(C(=O)c2cnc(-c3ccccc3F)s2)C1. The fourth-order valence-electron chi connectivity index (χ4n) is 2.46. The first kappa shape index (κ1) is 14.6. The van der Waals surface area contributed by atoms with Gasteiger partial charge in [0.05, 0.1) is 12.1 Å². The van der Waals surface area contributed by atoms with Crippen LogP contribution in [-0.2, 0) is 4.79 Å². The van der Waals surface area contributed by atoms with E-state index in [1.54, 1.807) is 23.1 Å². The summed E-state index contributed by atoms with van der Waals surface area (Å²) in [6.07, 6.45) is 2.03. The molecule has 1 saturated heterocycles. The molecule has 1 aromatic carbocycles. The lowest BCUT2D eigenvalue weighted by Crippen LogP contribution is -2.31. The second-order valence-electron chi connectivity index (χ2n) is 5.15. The first-order valence-electron chi connectivity index (χ1n) is 6.85. The quantitative estimate of drug-likeness (QED) is 0.938. The zero-order chi connectivity index (χ0) is 15.7. The van der Waals surface area contributed by atoms with Crippen molar-refractivity contribution in [2.75, 3.05) is 13.1 Å². The van der Waals surface area contributed by atoms with Crippen molar-refractivity contribution < 1.29 is 14.0 Å². The van der Waals surface area contributed by atoms with E-state index in [2.05, 4.69) is 4.98 Å². The van der Waals surface area contributed by atoms with Crippen LogP contribution in [0.1, 0.15) is 16.1 Å². The molecular formula is C15H14FN3O2S. The molecule has 114 valence electrons. The zero-order valence-electron chi connectivity index (χ0n) is 11.7. The molecule has 1 aliphatic heterocycles. The number of likely N-dealkylation sites (tertiary alicyclic amines) is 1. The summed E-state index contributed by atoms with van der Waals surface area (Å²) in [6, 6.07) is 6.31. The van der Waals surface area contributed by atoms with Crippen molar-refractivity contribution in [2.24, 2.45) is 11.7 Å². The fourth-order valence-corrected chi connectivity index (χ4v) is 3.38. The summed E-state index contributed by atoms with van der Waals surface area (Å²) >= 11 is 1.15. The second-order valence-corrected chi connectivity index (χ2v) is 6.18. The van der Waals surface area contributed by atoms with E-state index >= 15 is 0 Å². The van der Waals surface area contributed by atoms with E-state index in [9.17, 15) is 14.0 Å². The molecule has 22 heavy (non-hydrogen) atoms. The number of halogens is 1. The highest BCUT2D eigenvalue weighted by atomic mass is 32.1. The van der Waals surface area contributed by atoms with Gasteiger partial charge in [-0.05, 0) is 18.6 Å². The van der Waals surface area contributed by atoms with Gasteiger partial charge in [0.25, 0.3) is 5.91 Å². The molecule has 2 amide bonds. The lowest BCUT2D eigenvalue weighted by atomic mass is 10.1. The molecule has 2 heterocycles. The second kappa shape index (κ2) is 5.84. The Kier molecular flexibility index (Phi) is 3.89. The van der Waals surface area contributed by atoms with E-state index in [0.717, 1.165) is 11.3 Å². The molecule has 0 radical (unpaired) electrons. The van der Waals surface area contributed by atoms with E-state index in [-0.39, 0.29) is 23.5 Å². The van der Waals surface area contributed by atoms with Crippen molar-refractivity contribution in [1.29, 1.82) is 0 Å². The molecule has 2 aromatic rings. The van der Waals surface area contributed by atoms with Crippen LogP contribution >= 0.6 is 11.3 Å². The number of hydrogen-bond donors (Lipinski definition) is 1. The van der Waals surface area contributed by atoms with Crippen molar-refractivity contribution >= 4 is 23.2 Å². The van der Waals surface area contributed by atoms with Gasteiger partial charge in [0, 0.05) is 18.7 Å². The van der Waals surface area contributed by atoms with Crippen LogP contribution in [-0.4, -0.2) is 34.8 Å². The van der Waals surface area contributed by atoms with Crippen molar-refractivity contribution in [3.05, 3.63) is 41.2 Å². The topological polar surface area (TPSA) is 76.3 Å². The van der Waals surface area contributed by atoms with Gasteiger partial charge in [-0.3, -0.25) is 9.59 Å². The van der Waals surface area contributed by atoms with Gasteiger partial charge >= 0.3 is 0 Å². The maximum absolute atomic E-state index is 13.7. The molecule has 1 fully saturated rings. The van der Waals surface area contributed by atoms with Crippen LogP contribution in [0.3, 0.4) is 0 Å². The summed E-state index contributed by atoms with van der Waals surface area (Å²) in [5.41, 5.74) is 5.65. The van der Waals surface area contributed by atoms with Crippen molar-refractivity contribution in [3.63, 3.8) is 0 Å². The number of nitrogens with zero attached hydrogens (tertiary/aromatic N) is 2. The van der Waals surface area contributed by atoms with E-state index < -0.39 is 0 Å². The summed E-state index contributed by atoms with van der Waals surface area (Å²) in [5.74, 6) is -1.23. The van der Waals surface area contributed by atoms with Crippen LogP contribution in [0.15, 0.2) is 30.5 Å². The fraction of sp³-hybridized carbons (Fsp3) is 0.267. The first-order valence-corrected chi connectivity index (χ1v) is 7.67. The van der Waals surface area contributed by atoms with Gasteiger partial charge in [0.1, 0.15) is 15.7 Å². The third-order valence-corrected chi connectivity index (χ3v) is 4.72. The Morgan fingerprint density at radius 1 is 1.36 bits per heavy atom. The van der Waals surface area contributed by atoms with Gasteiger partial charge in [-0.15, -0.1) is 11.3 Å². The monoisotopic (exact) mass is 319 g/mol. The zero-order valence-corrected chi connectivity index (χ0v) is 12.5. The highest BCUT2D eigenvalue weighted by Gasteiger charge is 2.31. The normalized spacial score (nSPS) is 17.7. The van der Waals surface area contributed by atoms with Gasteiger partial charge in [-0.25, -0.2) is 9.37 Å². The minimum atomic E-state index is -0.383. The molecule has 2 N–H and O–H groups in total. The van der Waals surface area contributed by atoms with Gasteiger partial charge in [0.2, 0.25) is 5.91 Å². The Bertz CT molecular complexity index is 731. The number of aromatic nitrogens is 1. The third kappa shape index (κ3) is 2.71. The van der Waals surface area contributed by atoms with Gasteiger partial charge in [-0.1, -0.05) is 12.1 Å². The number of carbonyl (C=O) groups is 2. The molecule has 3 rings (SSSR count). The predicted molar refractivity (Wildman–Crippen MR) is 80.7 cm³/mol. The molecule has 5 nitrogen and oxygen atoms in total. The molecule has 0 spiro atoms. The Morgan fingerprint density at radius 2 is 2.14 bits per heavy atom. The molecule has 1 unspecified atom stereocenters. The summed E-state index contributed by atoms with van der Waals surface area (Å²) in [7, 11) is 0. The average molecular weight is 319 g/mol. The maximum Gasteiger partial charge on any atom is 0.265 e. The molecule has 1 atom stereocenters. The number of primary amides is 1. The minimum Gasteiger partial charge on any atom is -0.369 e. The van der Waals surface area contributed by atoms with Crippen LogP contribution in [0.25, 0.3) is 10.6 Å². The Balaban J connectivity index is 1.78. The van der Waals surface area contributed by atoms with E-state index in [4.69, 9.17) is 5.73 Å². The molecule has 1 aliphatic rings. The van der Waals surface area contributed by atoms with Crippen molar-refractivity contribution in [3.8, 4) is 10.6 Å². The first-order chi connectivity index (χ1) is 10.6. The van der Waals surface area contributed by atoms with E-state index in [1.165, 1.54) is 12.3 Å². The molecule has 0 saturated carbocycles. The van der Waals surface area contributed by atoms with Crippen LogP contribution in [0, 0.1) is 11.7 Å². The van der Waals surface area contributed by atoms with Crippen LogP contribution in [0.2, 0.25) is 0 Å². The summed E-state index contributed by atoms with van der Waals surface area (Å²) in [5, 5.41) is 0.465. The number of benzene rings is 1. The number of nitrogens with two attached hydrogens (primary N) is 1. The van der Waals surface area contributed by atoms with Crippen molar-refractivity contribution in [2.45, 2.75) is 6.42 Å². The van der Waals surface area contributed by atoms with Gasteiger partial charge in [-0.2, -0.15) is 0 Å². The maximum atomic E-state index is 13.7. The minimum absolute atomic E-state index is 0.191. The van der Waals surface area contributed by atoms with E-state index in [1.807, 2.05) is 0 Å². The molecule has 0 aliphatic carbocycles. The summed E-state index contributed by atoms with van der Waals surface area (Å²) < 4.78 is 13.7. The number of hydrogen-bond acceptors (Lipinski definition) is 4. The highest BCUT2D eigenvalue weighted by molar-refractivity contribution is 7.16. The number of thiazole rings is 1. The molecular weight excluding hydrogens is 305 g/mol. The third-order valence-electron chi connectivity index (χ3n) is 3.70. The summed E-state index contributed by atoms with van der Waals surface area (Å²) in [6.45, 7) is 0.834. The molecule has 0 bridgehead atoms. The number of amides is 2. The van der Waals surface area contributed by atoms with Gasteiger partial charge < -0.3 is 10.6 Å². The molecule has 7 heteroatoms. The smallest absolute Gasteiger partial charge is 0.265 e. The lowest BCUT2D eigenvalue weighted by molar-refractivity contribution is -0.121. The largest absolute Gasteiger partial charge is 0.369 e. The van der Waals surface area contributed by atoms with Crippen LogP contribution < -0.4 is 5.73 Å². The standard InChI is InChI=1S/C15H14FN3O2S/c16-11-4-2-1-3-10(11)14-18-7-12(22-14)15(21)19-6-5-9(8-19)13(17)20/h1-4,7,9H,5-6,8H2,(H2,17,20). The Morgan fingerprint density at radius 3 is 2.82 bits per heavy atom. The molecule has 1 aromatic heterocycles. The number of carbonyl (C=O) groups excluding carboxylic acids is 2. The average Bonchev–Trinajstić information content (AvgIpc) is 3.17. The Hall–Kier alpha value is -2.28. The highest BCUT2D eigenvalue weighted by Crippen LogP contribution is 2.29. The number of rotatable bonds is 3. The van der Waals surface area contributed by atoms with Crippen molar-refractivity contribution in [1.82, 2.24) is 9.88 Å². The Labute approximate surface area is 130 Å². The van der Waals surface area contributed by atoms with E-state index in [0.29, 0.717) is 35.0 Å². The van der Waals surface area contributed by atoms with Crippen LogP contribution in [0.4, 0.5) is 4.39 Å². The summed E-state index contributed by atoms with van der Waals surface area (Å²) in [4.78, 5) is 29.7. The predicted octanol–water partition coefficient (Wildman–Crippen LogP) is 1.90. The van der Waals surface area contributed by atoms with Crippen LogP contribution in [0.5, 0.6) is 0 Å². The lowest BCUT2D eigenvalue weighted by Gasteiger charge is -2.14.